The summed E-state index contributed by atoms with van der Waals surface area (Å²) in [6.45, 7) is 2.32. The van der Waals surface area contributed by atoms with Crippen molar-refractivity contribution in [3.63, 3.8) is 0 Å². The maximum absolute atomic E-state index is 13.4. The third-order valence-corrected chi connectivity index (χ3v) is 7.39. The van der Waals surface area contributed by atoms with Gasteiger partial charge in [0.2, 0.25) is 4.34 Å². The predicted molar refractivity (Wildman–Crippen MR) is 97.7 cm³/mol. The number of thiophene rings is 1. The van der Waals surface area contributed by atoms with Crippen LogP contribution in [0.5, 0.6) is 0 Å². The van der Waals surface area contributed by atoms with Crippen molar-refractivity contribution < 1.29 is 13.7 Å². The second kappa shape index (κ2) is 7.56. The minimum atomic E-state index is -1.26. The number of hydrogen-bond acceptors (Lipinski definition) is 9. The largest absolute Gasteiger partial charge is 0.622 e. The molecule has 1 aliphatic rings. The summed E-state index contributed by atoms with van der Waals surface area (Å²) >= 11 is 2.29. The Morgan fingerprint density at radius 2 is 2.36 bits per heavy atom. The number of quaternary nitrogens is 1. The summed E-state index contributed by atoms with van der Waals surface area (Å²) in [6, 6.07) is 3.41. The van der Waals surface area contributed by atoms with E-state index in [1.807, 2.05) is 6.92 Å². The first-order chi connectivity index (χ1) is 11.9. The molecule has 25 heavy (non-hydrogen) atoms. The fraction of sp³-hybridized carbons (Fsp3) is 0.500. The molecule has 1 saturated heterocycles. The van der Waals surface area contributed by atoms with Crippen molar-refractivity contribution >= 4 is 44.6 Å². The van der Waals surface area contributed by atoms with E-state index in [0.717, 1.165) is 17.8 Å². The summed E-state index contributed by atoms with van der Waals surface area (Å²) in [4.78, 5) is 14.5. The Morgan fingerprint density at radius 1 is 1.56 bits per heavy atom. The molecular weight excluding hydrogens is 384 g/mol. The second-order valence-electron chi connectivity index (χ2n) is 5.71. The Hall–Kier alpha value is -1.24. The van der Waals surface area contributed by atoms with Gasteiger partial charge in [-0.2, -0.15) is 0 Å². The number of nitrogens with zero attached hydrogens (tertiary/aromatic N) is 4. The molecule has 8 nitrogen and oxygen atoms in total. The number of carbonyl (C=O) groups excluding carboxylic acids is 1. The van der Waals surface area contributed by atoms with Crippen LogP contribution in [0.4, 0.5) is 5.13 Å². The van der Waals surface area contributed by atoms with E-state index in [1.54, 1.807) is 29.5 Å². The number of ether oxygens (including phenoxy) is 1. The van der Waals surface area contributed by atoms with Gasteiger partial charge in [-0.3, -0.25) is 8.86 Å². The van der Waals surface area contributed by atoms with E-state index in [-0.39, 0.29) is 11.8 Å². The number of carbonyl (C=O) groups is 1. The van der Waals surface area contributed by atoms with Gasteiger partial charge in [0.25, 0.3) is 6.23 Å². The molecule has 3 rings (SSSR count). The predicted octanol–water partition coefficient (Wildman–Crippen LogP) is 2.01. The highest BCUT2D eigenvalue weighted by atomic mass is 32.2. The van der Waals surface area contributed by atoms with E-state index >= 15 is 0 Å². The Kier molecular flexibility index (Phi) is 5.61. The highest BCUT2D eigenvalue weighted by Gasteiger charge is 2.45. The van der Waals surface area contributed by atoms with E-state index in [0.29, 0.717) is 21.5 Å². The molecule has 2 aromatic rings. The molecule has 1 fully saturated rings. The minimum Gasteiger partial charge on any atom is -0.622 e. The quantitative estimate of drug-likeness (QED) is 0.414. The summed E-state index contributed by atoms with van der Waals surface area (Å²) in [7, 11) is 0.519. The molecule has 0 aromatic carbocycles. The molecule has 1 aliphatic heterocycles. The Balaban J connectivity index is 1.82. The molecular formula is C14H18N4O4S3. The van der Waals surface area contributed by atoms with Crippen molar-refractivity contribution in [1.82, 2.24) is 19.7 Å². The summed E-state index contributed by atoms with van der Waals surface area (Å²) in [5.41, 5.74) is 0. The Bertz CT molecular complexity index is 766. The number of aromatic nitrogens is 2. The minimum absolute atomic E-state index is 0.0947. The number of esters is 1. The zero-order valence-corrected chi connectivity index (χ0v) is 16.2. The Morgan fingerprint density at radius 3 is 3.04 bits per heavy atom. The standard InChI is InChI=1S/C14H18N4O4S3/c1-3-7-25(21)14-16-15-13(24-14)18(20)9-17(2)8-11(18)22-12(19)10-5-4-6-23-10/h4-6,11H,3,7-9H2,1-2H3. The van der Waals surface area contributed by atoms with Crippen molar-refractivity contribution in [2.45, 2.75) is 23.9 Å². The van der Waals surface area contributed by atoms with Crippen molar-refractivity contribution in [2.24, 2.45) is 0 Å². The number of likely N-dealkylation sites (N-methyl/N-ethyl adjacent to an activating group) is 1. The smallest absolute Gasteiger partial charge is 0.352 e. The average Bonchev–Trinajstić information content (AvgIpc) is 3.29. The van der Waals surface area contributed by atoms with Gasteiger partial charge in [-0.25, -0.2) is 9.69 Å². The molecule has 0 saturated carbocycles. The van der Waals surface area contributed by atoms with Crippen LogP contribution in [0.25, 0.3) is 0 Å². The SMILES string of the molecule is CCCS(=O)c1nnc([N+]2([O-])CN(C)CC2OC(=O)c2cccs2)s1. The first-order valence-electron chi connectivity index (χ1n) is 7.68. The van der Waals surface area contributed by atoms with Crippen LogP contribution in [0.2, 0.25) is 0 Å². The topological polar surface area (TPSA) is 95.4 Å². The molecule has 2 aromatic heterocycles. The van der Waals surface area contributed by atoms with E-state index in [2.05, 4.69) is 10.2 Å². The second-order valence-corrected chi connectivity index (χ2v) is 9.36. The molecule has 0 aliphatic carbocycles. The van der Waals surface area contributed by atoms with Gasteiger partial charge < -0.3 is 9.94 Å². The molecule has 0 amide bonds. The van der Waals surface area contributed by atoms with Gasteiger partial charge in [-0.05, 0) is 36.3 Å². The van der Waals surface area contributed by atoms with E-state index in [4.69, 9.17) is 4.74 Å². The lowest BCUT2D eigenvalue weighted by Crippen LogP contribution is -2.50. The van der Waals surface area contributed by atoms with Crippen LogP contribution in [0, 0.1) is 5.21 Å². The van der Waals surface area contributed by atoms with E-state index in [1.165, 1.54) is 11.3 Å². The lowest BCUT2D eigenvalue weighted by Gasteiger charge is -2.38. The molecule has 0 N–H and O–H groups in total. The van der Waals surface area contributed by atoms with Crippen LogP contribution in [0.15, 0.2) is 21.9 Å². The number of hydroxylamine groups is 2. The van der Waals surface area contributed by atoms with Gasteiger partial charge in [0.05, 0.1) is 17.3 Å². The lowest BCUT2D eigenvalue weighted by atomic mass is 10.4. The maximum atomic E-state index is 13.4. The fourth-order valence-electron chi connectivity index (χ4n) is 2.51. The van der Waals surface area contributed by atoms with Crippen LogP contribution >= 0.6 is 22.7 Å². The summed E-state index contributed by atoms with van der Waals surface area (Å²) in [6.07, 6.45) is -0.178. The molecule has 3 unspecified atom stereocenters. The van der Waals surface area contributed by atoms with Crippen LogP contribution in [-0.4, -0.2) is 57.5 Å². The van der Waals surface area contributed by atoms with E-state index < -0.39 is 27.6 Å². The van der Waals surface area contributed by atoms with Crippen LogP contribution in [-0.2, 0) is 15.5 Å². The van der Waals surface area contributed by atoms with Crippen molar-refractivity contribution in [1.29, 1.82) is 0 Å². The van der Waals surface area contributed by atoms with Crippen LogP contribution in [0.3, 0.4) is 0 Å². The van der Waals surface area contributed by atoms with Gasteiger partial charge in [-0.1, -0.05) is 18.1 Å². The van der Waals surface area contributed by atoms with Crippen LogP contribution < -0.4 is 4.65 Å². The maximum Gasteiger partial charge on any atom is 0.352 e. The normalized spacial score (nSPS) is 25.2. The van der Waals surface area contributed by atoms with Crippen molar-refractivity contribution in [3.05, 3.63) is 27.6 Å². The third kappa shape index (κ3) is 3.81. The van der Waals surface area contributed by atoms with Crippen molar-refractivity contribution in [3.8, 4) is 0 Å². The molecule has 0 bridgehead atoms. The van der Waals surface area contributed by atoms with Gasteiger partial charge in [0.15, 0.2) is 0 Å². The van der Waals surface area contributed by atoms with Gasteiger partial charge in [0, 0.05) is 5.75 Å². The average molecular weight is 403 g/mol. The van der Waals surface area contributed by atoms with Crippen molar-refractivity contribution in [2.75, 3.05) is 26.0 Å². The molecule has 136 valence electrons. The Labute approximate surface area is 155 Å². The first kappa shape index (κ1) is 18.5. The van der Waals surface area contributed by atoms with Gasteiger partial charge in [-0.15, -0.1) is 16.4 Å². The molecule has 0 spiro atoms. The summed E-state index contributed by atoms with van der Waals surface area (Å²) in [5, 5.41) is 23.2. The van der Waals surface area contributed by atoms with Crippen LogP contribution in [0.1, 0.15) is 23.0 Å². The molecule has 0 radical (unpaired) electrons. The fourth-order valence-corrected chi connectivity index (χ4v) is 5.29. The van der Waals surface area contributed by atoms with Gasteiger partial charge >= 0.3 is 11.1 Å². The summed E-state index contributed by atoms with van der Waals surface area (Å²) in [5.74, 6) is -0.0440. The highest BCUT2D eigenvalue weighted by molar-refractivity contribution is 7.87. The number of hydrogen-bond donors (Lipinski definition) is 0. The monoisotopic (exact) mass is 402 g/mol. The summed E-state index contributed by atoms with van der Waals surface area (Å²) < 4.78 is 17.0. The zero-order chi connectivity index (χ0) is 18.0. The van der Waals surface area contributed by atoms with E-state index in [9.17, 15) is 14.2 Å². The third-order valence-electron chi connectivity index (χ3n) is 3.65. The molecule has 3 atom stereocenters. The molecule has 3 heterocycles. The molecule has 11 heteroatoms. The van der Waals surface area contributed by atoms with Gasteiger partial charge in [0.1, 0.15) is 11.5 Å². The number of rotatable bonds is 6. The lowest BCUT2D eigenvalue weighted by molar-refractivity contribution is 0.00613. The first-order valence-corrected chi connectivity index (χ1v) is 10.7. The zero-order valence-electron chi connectivity index (χ0n) is 13.8. The highest BCUT2D eigenvalue weighted by Crippen LogP contribution is 2.35.